The summed E-state index contributed by atoms with van der Waals surface area (Å²) in [5, 5.41) is 9.47. The molecule has 118 valence electrons. The minimum Gasteiger partial charge on any atom is -0.476 e. The first-order chi connectivity index (χ1) is 10.5. The Kier molecular flexibility index (Phi) is 3.88. The summed E-state index contributed by atoms with van der Waals surface area (Å²) in [6.07, 6.45) is 2.18. The van der Waals surface area contributed by atoms with E-state index in [4.69, 9.17) is 4.74 Å². The molecule has 1 saturated heterocycles. The number of pyridine rings is 1. The molecule has 0 amide bonds. The van der Waals surface area contributed by atoms with Crippen LogP contribution in [0.25, 0.3) is 5.65 Å². The summed E-state index contributed by atoms with van der Waals surface area (Å²) >= 11 is 0. The third kappa shape index (κ3) is 2.71. The highest BCUT2D eigenvalue weighted by Crippen LogP contribution is 2.20. The van der Waals surface area contributed by atoms with Crippen molar-refractivity contribution in [2.24, 2.45) is 0 Å². The second-order valence-electron chi connectivity index (χ2n) is 6.05. The lowest BCUT2D eigenvalue weighted by Gasteiger charge is -2.35. The van der Waals surface area contributed by atoms with E-state index < -0.39 is 5.97 Å². The van der Waals surface area contributed by atoms with Gasteiger partial charge in [0.2, 0.25) is 0 Å². The number of morpholine rings is 1. The number of imidazole rings is 1. The number of hydrogen-bond acceptors (Lipinski definition) is 4. The van der Waals surface area contributed by atoms with Gasteiger partial charge in [0.15, 0.2) is 5.69 Å². The van der Waals surface area contributed by atoms with E-state index in [1.807, 2.05) is 43.5 Å². The molecule has 3 rings (SSSR count). The molecule has 1 aliphatic heterocycles. The molecular weight excluding hydrogens is 282 g/mol. The van der Waals surface area contributed by atoms with Crippen molar-refractivity contribution in [1.29, 1.82) is 0 Å². The number of hydrogen-bond donors (Lipinski definition) is 1. The van der Waals surface area contributed by atoms with Crippen LogP contribution >= 0.6 is 0 Å². The van der Waals surface area contributed by atoms with Crippen molar-refractivity contribution in [3.63, 3.8) is 0 Å². The zero-order valence-corrected chi connectivity index (χ0v) is 13.1. The van der Waals surface area contributed by atoms with Gasteiger partial charge in [-0.2, -0.15) is 0 Å². The van der Waals surface area contributed by atoms with Crippen molar-refractivity contribution < 1.29 is 14.6 Å². The molecule has 2 aromatic rings. The molecule has 0 spiro atoms. The van der Waals surface area contributed by atoms with Crippen molar-refractivity contribution in [2.45, 2.75) is 39.5 Å². The number of carboxylic acid groups (broad SMARTS) is 1. The lowest BCUT2D eigenvalue weighted by atomic mass is 10.2. The minimum absolute atomic E-state index is 0.140. The van der Waals surface area contributed by atoms with Crippen molar-refractivity contribution in [1.82, 2.24) is 14.3 Å². The minimum atomic E-state index is -0.979. The molecule has 1 fully saturated rings. The summed E-state index contributed by atoms with van der Waals surface area (Å²) in [6.45, 7) is 8.17. The van der Waals surface area contributed by atoms with Crippen LogP contribution in [0.15, 0.2) is 18.3 Å². The third-order valence-electron chi connectivity index (χ3n) is 4.02. The highest BCUT2D eigenvalue weighted by molar-refractivity contribution is 5.88. The predicted molar refractivity (Wildman–Crippen MR) is 82.2 cm³/mol. The van der Waals surface area contributed by atoms with Gasteiger partial charge in [0.1, 0.15) is 5.65 Å². The summed E-state index contributed by atoms with van der Waals surface area (Å²) in [6, 6.07) is 3.86. The Bertz CT molecular complexity index is 700. The SMILES string of the molecule is Cc1cccn2c(CN3CC(C)OC(C)C3)c(C(=O)O)nc12. The molecule has 1 aliphatic rings. The zero-order chi connectivity index (χ0) is 15.9. The average Bonchev–Trinajstić information content (AvgIpc) is 2.78. The molecule has 2 aromatic heterocycles. The van der Waals surface area contributed by atoms with E-state index in [1.54, 1.807) is 0 Å². The molecule has 2 unspecified atom stereocenters. The fourth-order valence-corrected chi connectivity index (χ4v) is 3.20. The van der Waals surface area contributed by atoms with E-state index in [0.29, 0.717) is 12.2 Å². The maximum atomic E-state index is 11.6. The second-order valence-corrected chi connectivity index (χ2v) is 6.05. The largest absolute Gasteiger partial charge is 0.476 e. The van der Waals surface area contributed by atoms with Crippen molar-refractivity contribution in [2.75, 3.05) is 13.1 Å². The normalized spacial score (nSPS) is 23.0. The number of aromatic carboxylic acids is 1. The molecule has 0 saturated carbocycles. The average molecular weight is 303 g/mol. The third-order valence-corrected chi connectivity index (χ3v) is 4.02. The number of ether oxygens (including phenoxy) is 1. The molecule has 6 nitrogen and oxygen atoms in total. The number of rotatable bonds is 3. The van der Waals surface area contributed by atoms with Gasteiger partial charge in [-0.15, -0.1) is 0 Å². The van der Waals surface area contributed by atoms with Crippen LogP contribution in [0, 0.1) is 6.92 Å². The number of nitrogens with zero attached hydrogens (tertiary/aromatic N) is 3. The Morgan fingerprint density at radius 1 is 1.41 bits per heavy atom. The van der Waals surface area contributed by atoms with Gasteiger partial charge in [0, 0.05) is 25.8 Å². The molecule has 0 aromatic carbocycles. The first-order valence-electron chi connectivity index (χ1n) is 7.53. The van der Waals surface area contributed by atoms with Crippen LogP contribution in [0.5, 0.6) is 0 Å². The van der Waals surface area contributed by atoms with Crippen LogP contribution < -0.4 is 0 Å². The zero-order valence-electron chi connectivity index (χ0n) is 13.1. The van der Waals surface area contributed by atoms with Gasteiger partial charge in [-0.25, -0.2) is 9.78 Å². The Morgan fingerprint density at radius 2 is 2.09 bits per heavy atom. The molecule has 1 N–H and O–H groups in total. The monoisotopic (exact) mass is 303 g/mol. The maximum absolute atomic E-state index is 11.6. The molecule has 0 bridgehead atoms. The topological polar surface area (TPSA) is 67.1 Å². The Morgan fingerprint density at radius 3 is 2.73 bits per heavy atom. The molecule has 22 heavy (non-hydrogen) atoms. The Labute approximate surface area is 129 Å². The van der Waals surface area contributed by atoms with Crippen molar-refractivity contribution in [3.05, 3.63) is 35.3 Å². The van der Waals surface area contributed by atoms with Crippen molar-refractivity contribution in [3.8, 4) is 0 Å². The number of carboxylic acids is 1. The van der Waals surface area contributed by atoms with Gasteiger partial charge < -0.3 is 14.2 Å². The summed E-state index contributed by atoms with van der Waals surface area (Å²) in [5.74, 6) is -0.979. The van der Waals surface area contributed by atoms with Gasteiger partial charge in [-0.05, 0) is 32.4 Å². The summed E-state index contributed by atoms with van der Waals surface area (Å²) < 4.78 is 7.63. The van der Waals surface area contributed by atoms with Crippen LogP contribution in [-0.4, -0.2) is 50.7 Å². The van der Waals surface area contributed by atoms with Crippen LogP contribution in [0.1, 0.15) is 35.6 Å². The Balaban J connectivity index is 2.00. The van der Waals surface area contributed by atoms with Crippen molar-refractivity contribution >= 4 is 11.6 Å². The first-order valence-corrected chi connectivity index (χ1v) is 7.53. The van der Waals surface area contributed by atoms with Crippen LogP contribution in [-0.2, 0) is 11.3 Å². The second kappa shape index (κ2) is 5.70. The molecule has 3 heterocycles. The van der Waals surface area contributed by atoms with Gasteiger partial charge in [-0.3, -0.25) is 4.90 Å². The summed E-state index contributed by atoms with van der Waals surface area (Å²) in [5.41, 5.74) is 2.55. The van der Waals surface area contributed by atoms with Gasteiger partial charge in [0.05, 0.1) is 17.9 Å². The fourth-order valence-electron chi connectivity index (χ4n) is 3.20. The lowest BCUT2D eigenvalue weighted by molar-refractivity contribution is -0.0708. The molecular formula is C16H21N3O3. The number of fused-ring (bicyclic) bond motifs is 1. The molecule has 0 aliphatic carbocycles. The smallest absolute Gasteiger partial charge is 0.356 e. The van der Waals surface area contributed by atoms with E-state index in [1.165, 1.54) is 0 Å². The number of aryl methyl sites for hydroxylation is 1. The van der Waals surface area contributed by atoms with Crippen LogP contribution in [0.2, 0.25) is 0 Å². The Hall–Kier alpha value is -1.92. The molecule has 6 heteroatoms. The number of aromatic nitrogens is 2. The fraction of sp³-hybridized carbons (Fsp3) is 0.500. The van der Waals surface area contributed by atoms with Gasteiger partial charge in [-0.1, -0.05) is 6.07 Å². The van der Waals surface area contributed by atoms with Gasteiger partial charge in [0.25, 0.3) is 0 Å². The highest BCUT2D eigenvalue weighted by atomic mass is 16.5. The predicted octanol–water partition coefficient (Wildman–Crippen LogP) is 1.95. The van der Waals surface area contributed by atoms with E-state index in [9.17, 15) is 9.90 Å². The van der Waals surface area contributed by atoms with Gasteiger partial charge >= 0.3 is 5.97 Å². The number of carbonyl (C=O) groups is 1. The summed E-state index contributed by atoms with van der Waals surface area (Å²) in [7, 11) is 0. The quantitative estimate of drug-likeness (QED) is 0.938. The lowest BCUT2D eigenvalue weighted by Crippen LogP contribution is -2.45. The van der Waals surface area contributed by atoms with E-state index in [-0.39, 0.29) is 17.9 Å². The van der Waals surface area contributed by atoms with E-state index in [2.05, 4.69) is 9.88 Å². The van der Waals surface area contributed by atoms with E-state index in [0.717, 1.165) is 24.3 Å². The molecule has 0 radical (unpaired) electrons. The summed E-state index contributed by atoms with van der Waals surface area (Å²) in [4.78, 5) is 18.1. The van der Waals surface area contributed by atoms with Crippen LogP contribution in [0.4, 0.5) is 0 Å². The maximum Gasteiger partial charge on any atom is 0.356 e. The molecule has 2 atom stereocenters. The first kappa shape index (κ1) is 15.0. The van der Waals surface area contributed by atoms with E-state index >= 15 is 0 Å². The standard InChI is InChI=1S/C16H21N3O3/c1-10-5-4-6-19-13(14(16(20)21)17-15(10)19)9-18-7-11(2)22-12(3)8-18/h4-6,11-12H,7-9H2,1-3H3,(H,20,21). The highest BCUT2D eigenvalue weighted by Gasteiger charge is 2.26. The van der Waals surface area contributed by atoms with Crippen LogP contribution in [0.3, 0.4) is 0 Å².